The third kappa shape index (κ3) is 19.6. The molecule has 36 nitrogen and oxygen atoms in total. The average molecular weight is 1670 g/mol. The van der Waals surface area contributed by atoms with E-state index in [9.17, 15) is 75.0 Å². The molecule has 2 saturated heterocycles. The zero-order valence-electron chi connectivity index (χ0n) is 62.1. The highest BCUT2D eigenvalue weighted by molar-refractivity contribution is 7.98. The van der Waals surface area contributed by atoms with Crippen LogP contribution in [0.2, 0.25) is 10.0 Å². The molecule has 6 aromatic rings. The lowest BCUT2D eigenvalue weighted by atomic mass is 9.84. The van der Waals surface area contributed by atoms with Crippen molar-refractivity contribution < 1.29 is 127 Å². The van der Waals surface area contributed by atoms with Gasteiger partial charge in [-0.1, -0.05) is 59.6 Å². The number of nitrogens with one attached hydrogen (secondary N) is 8. The molecular formula is C77H86Cl2N10O26S. The third-order valence-corrected chi connectivity index (χ3v) is 21.2. The van der Waals surface area contributed by atoms with Crippen LogP contribution >= 0.6 is 35.0 Å². The summed E-state index contributed by atoms with van der Waals surface area (Å²) in [7, 11) is 0. The second kappa shape index (κ2) is 37.1. The van der Waals surface area contributed by atoms with Crippen molar-refractivity contribution in [2.45, 2.75) is 155 Å². The minimum atomic E-state index is -2.39. The van der Waals surface area contributed by atoms with E-state index in [1.54, 1.807) is 44.4 Å². The maximum absolute atomic E-state index is 16.2. The number of rotatable bonds is 22. The number of aromatic hydroxyl groups is 3. The summed E-state index contributed by atoms with van der Waals surface area (Å²) in [6.45, 7) is 5.44. The van der Waals surface area contributed by atoms with Gasteiger partial charge in [0.1, 0.15) is 108 Å². The van der Waals surface area contributed by atoms with Crippen LogP contribution < -0.4 is 72.9 Å². The molecule has 39 heteroatoms. The number of carboxylic acid groups (broad SMARTS) is 1. The number of carbonyl (C=O) groups excluding carboxylic acids is 8. The van der Waals surface area contributed by atoms with Crippen LogP contribution in [0.3, 0.4) is 0 Å². The number of ether oxygens (including phenoxy) is 7. The van der Waals surface area contributed by atoms with E-state index < -0.39 is 255 Å². The summed E-state index contributed by atoms with van der Waals surface area (Å²) < 4.78 is 45.2. The van der Waals surface area contributed by atoms with Crippen molar-refractivity contribution in [3.8, 4) is 62.9 Å². The van der Waals surface area contributed by atoms with Gasteiger partial charge in [0.05, 0.1) is 47.9 Å². The zero-order chi connectivity index (χ0) is 83.9. The fourth-order valence-electron chi connectivity index (χ4n) is 13.8. The number of hydrogen-bond donors (Lipinski definition) is 20. The summed E-state index contributed by atoms with van der Waals surface area (Å²) >= 11 is 15.6. The van der Waals surface area contributed by atoms with Gasteiger partial charge in [-0.15, -0.1) is 6.58 Å². The quantitative estimate of drug-likeness (QED) is 0.0338. The van der Waals surface area contributed by atoms with Crippen molar-refractivity contribution >= 4 is 88.2 Å². The van der Waals surface area contributed by atoms with Gasteiger partial charge in [0, 0.05) is 35.7 Å². The maximum Gasteiger partial charge on any atom is 0.322 e. The first-order valence-electron chi connectivity index (χ1n) is 36.3. The number of halogens is 2. The number of benzene rings is 6. The van der Waals surface area contributed by atoms with Gasteiger partial charge in [-0.25, -0.2) is 0 Å². The second-order valence-corrected chi connectivity index (χ2v) is 30.0. The summed E-state index contributed by atoms with van der Waals surface area (Å²) in [6.07, 6.45) is -15.0. The van der Waals surface area contributed by atoms with Crippen LogP contribution in [0.5, 0.6) is 51.7 Å². The number of phenols is 3. The smallest absolute Gasteiger partial charge is 0.322 e. The summed E-state index contributed by atoms with van der Waals surface area (Å²) in [6, 6.07) is 5.90. The molecule has 13 rings (SSSR count). The highest BCUT2D eigenvalue weighted by Crippen LogP contribution is 2.50. The lowest BCUT2D eigenvalue weighted by molar-refractivity contribution is -0.334. The summed E-state index contributed by atoms with van der Waals surface area (Å²) in [5, 5.41) is 135. The van der Waals surface area contributed by atoms with E-state index >= 15 is 19.2 Å². The van der Waals surface area contributed by atoms with E-state index in [4.69, 9.17) is 67.8 Å². The van der Waals surface area contributed by atoms with Crippen molar-refractivity contribution in [2.75, 3.05) is 31.8 Å². The molecule has 2 fully saturated rings. The van der Waals surface area contributed by atoms with Gasteiger partial charge in [-0.3, -0.25) is 43.2 Å². The van der Waals surface area contributed by atoms with Crippen LogP contribution in [-0.2, 0) is 63.9 Å². The van der Waals surface area contributed by atoms with Gasteiger partial charge in [0.15, 0.2) is 23.9 Å². The molecule has 7 aliphatic heterocycles. The van der Waals surface area contributed by atoms with Crippen molar-refractivity contribution in [3.05, 3.63) is 159 Å². The fourth-order valence-corrected chi connectivity index (χ4v) is 14.7. The van der Waals surface area contributed by atoms with E-state index in [1.807, 2.05) is 6.07 Å². The van der Waals surface area contributed by atoms with E-state index in [0.717, 1.165) is 72.3 Å². The molecule has 0 aliphatic carbocycles. The molecule has 18 atom stereocenters. The highest BCUT2D eigenvalue weighted by Gasteiger charge is 2.52. The highest BCUT2D eigenvalue weighted by atomic mass is 35.5. The predicted molar refractivity (Wildman–Crippen MR) is 410 cm³/mol. The lowest BCUT2D eigenvalue weighted by Gasteiger charge is -2.48. The third-order valence-electron chi connectivity index (χ3n) is 19.9. The van der Waals surface area contributed by atoms with Crippen LogP contribution in [-0.4, -0.2) is 215 Å². The molecule has 6 aromatic carbocycles. The van der Waals surface area contributed by atoms with E-state index in [2.05, 4.69) is 49.1 Å². The first-order chi connectivity index (χ1) is 55.2. The maximum atomic E-state index is 16.2. The van der Waals surface area contributed by atoms with Crippen molar-refractivity contribution in [2.24, 2.45) is 11.5 Å². The minimum Gasteiger partial charge on any atom is -0.508 e. The molecule has 0 radical (unpaired) electrons. The number of carboxylic acids is 1. The molecule has 7 aliphatic rings. The first-order valence-corrected chi connectivity index (χ1v) is 38.4. The van der Waals surface area contributed by atoms with Gasteiger partial charge in [0.25, 0.3) is 0 Å². The number of primary amides is 1. The predicted octanol–water partition coefficient (Wildman–Crippen LogP) is 1.45. The monoisotopic (exact) mass is 1670 g/mol. The zero-order valence-corrected chi connectivity index (χ0v) is 64.4. The molecule has 116 heavy (non-hydrogen) atoms. The lowest BCUT2D eigenvalue weighted by Crippen LogP contribution is -2.65. The summed E-state index contributed by atoms with van der Waals surface area (Å²) in [5.74, 6) is -16.6. The number of nitrogens with two attached hydrogens (primary N) is 2. The molecular weight excluding hydrogens is 1580 g/mol. The molecule has 8 amide bonds. The average Bonchev–Trinajstić information content (AvgIpc) is 0.734. The van der Waals surface area contributed by atoms with E-state index in [1.165, 1.54) is 23.9 Å². The Morgan fingerprint density at radius 1 is 0.750 bits per heavy atom. The van der Waals surface area contributed by atoms with E-state index in [-0.39, 0.29) is 41.8 Å². The Kier molecular flexibility index (Phi) is 27.6. The summed E-state index contributed by atoms with van der Waals surface area (Å²) in [4.78, 5) is 131. The Morgan fingerprint density at radius 2 is 1.41 bits per heavy atom. The molecule has 0 unspecified atom stereocenters. The van der Waals surface area contributed by atoms with Gasteiger partial charge in [0.2, 0.25) is 59.3 Å². The van der Waals surface area contributed by atoms with Gasteiger partial charge >= 0.3 is 5.97 Å². The van der Waals surface area contributed by atoms with Crippen LogP contribution in [0.4, 0.5) is 0 Å². The van der Waals surface area contributed by atoms with Crippen LogP contribution in [0.25, 0.3) is 11.1 Å². The topological polar surface area (TPSA) is 569 Å². The number of aliphatic carboxylic acids is 1. The minimum absolute atomic E-state index is 0.0606. The molecule has 7 heterocycles. The Bertz CT molecular complexity index is 4760. The Morgan fingerprint density at radius 3 is 2.05 bits per heavy atom. The number of amides is 8. The first kappa shape index (κ1) is 86.2. The molecule has 22 N–H and O–H groups in total. The Balaban J connectivity index is 1.12. The number of aliphatic hydroxyl groups excluding tert-OH is 6. The Labute approximate surface area is 675 Å². The number of aliphatic hydroxyl groups is 6. The van der Waals surface area contributed by atoms with Crippen molar-refractivity contribution in [1.82, 2.24) is 42.5 Å². The number of thioether (sulfide) groups is 1. The number of hydrogen-bond acceptors (Lipinski definition) is 28. The Hall–Kier alpha value is -10.6. The van der Waals surface area contributed by atoms with Crippen molar-refractivity contribution in [3.63, 3.8) is 0 Å². The second-order valence-electron chi connectivity index (χ2n) is 28.2. The van der Waals surface area contributed by atoms with Gasteiger partial charge < -0.3 is 138 Å². The van der Waals surface area contributed by atoms with Crippen LogP contribution in [0.1, 0.15) is 103 Å². The van der Waals surface area contributed by atoms with Gasteiger partial charge in [-0.2, -0.15) is 11.8 Å². The molecule has 620 valence electrons. The number of phenolic OH excluding ortho intramolecular Hbond substituents is 3. The SMILES string of the molecule is C=CCCOc1cccc(CN[C@@]2(C)C[C@H](O[C@H]3[C@H](Oc4c5cc6cc4Oc4ccc(cc4Cl)[C@@H](O)[C@@H](NC(=O)[C@@H](N)CCSC)C(=O)N[C@@H](CC(N)=O)C(=O)N[C@H]6C(=O)N[C@H]4C(=O)N[C@H](C(=O)N[C@H](C(=O)NCC(=O)O)c6cc(O)cc(O)c6-c6cc4ccc6O)[C@H](O)c4ccc(c(Cl)c4)O5)O[C@H](CO)[C@@H](O)[C@@H]3O)O[C@@H](C)[C@H]2O)c1. The number of fused-ring (bicyclic) bond motifs is 15. The number of carbonyl (C=O) groups is 9. The standard InChI is InChI=1S/C77H86Cl2N10O26S/c1-5-6-17-109-39-9-7-8-33(19-39)29-83-77(3)28-55(110-32(2)68(77)101)114-67-65(100)64(99)52(31-90)113-76(67)115-66-50-23-37-24-51(66)112-49-15-12-36(22-43(49)79)63(98)61-75(108)87-59(71(104)82-30-54(95)96)41-25-38(91)26-47(93)56(41)40-20-34(10-13-46(40)92)57(72(105)89-61)86-73(106)58(37)85-70(103)45(27-53(81)94)84-74(107)60(88-69(102)44(80)16-18-116-4)62(97)35-11-14-48(111-50)42(78)21-35/h5,7-15,19-26,32,44-45,52,55,57-65,67-68,76,83,90-93,97-101H,1,6,16-18,27-31,80H2,2-4H3,(H2,81,94)(H,82,104)(H,84,107)(H,85,103)(H,86,106)(H,87,108)(H,88,102)(H,89,105)(H,95,96)/t32-,44-,45-,52+,55-,57+,58+,59-,60+,61-,62+,63+,64+,65-,67+,68+,76-,77-/m0/s1. The van der Waals surface area contributed by atoms with Crippen LogP contribution in [0, 0.1) is 0 Å². The molecule has 0 spiro atoms. The largest absolute Gasteiger partial charge is 0.508 e. The molecule has 0 saturated carbocycles. The summed E-state index contributed by atoms with van der Waals surface area (Å²) in [5.41, 5.74) is 8.52. The molecule has 11 bridgehead atoms. The van der Waals surface area contributed by atoms with Crippen molar-refractivity contribution in [1.29, 1.82) is 0 Å². The molecule has 0 aromatic heterocycles. The van der Waals surface area contributed by atoms with E-state index in [0.29, 0.717) is 24.5 Å². The van der Waals surface area contributed by atoms with Gasteiger partial charge in [-0.05, 0) is 139 Å². The fraction of sp³-hybridized carbons (Fsp3) is 0.390. The van der Waals surface area contributed by atoms with Crippen LogP contribution in [0.15, 0.2) is 116 Å². The normalized spacial score (nSPS) is 26.9.